The zero-order valence-corrected chi connectivity index (χ0v) is 12.6. The maximum Gasteiger partial charge on any atom is 0.226 e. The quantitative estimate of drug-likeness (QED) is 0.910. The summed E-state index contributed by atoms with van der Waals surface area (Å²) >= 11 is 0. The van der Waals surface area contributed by atoms with Crippen molar-refractivity contribution in [2.24, 2.45) is 23.5 Å². The van der Waals surface area contributed by atoms with Crippen LogP contribution in [0.15, 0.2) is 4.52 Å². The van der Waals surface area contributed by atoms with Crippen molar-refractivity contribution in [3.8, 4) is 0 Å². The van der Waals surface area contributed by atoms with Gasteiger partial charge in [-0.1, -0.05) is 25.4 Å². The predicted molar refractivity (Wildman–Crippen MR) is 76.9 cm³/mol. The first-order valence-electron chi connectivity index (χ1n) is 7.91. The third-order valence-corrected chi connectivity index (χ3v) is 4.69. The number of aromatic nitrogens is 2. The van der Waals surface area contributed by atoms with E-state index in [4.69, 9.17) is 10.3 Å². The summed E-state index contributed by atoms with van der Waals surface area (Å²) < 4.78 is 5.31. The first-order chi connectivity index (χ1) is 9.61. The number of hydrogen-bond acceptors (Lipinski definition) is 5. The van der Waals surface area contributed by atoms with Gasteiger partial charge in [0.1, 0.15) is 0 Å². The lowest BCUT2D eigenvalue weighted by molar-refractivity contribution is 0.258. The molecule has 5 heteroatoms. The lowest BCUT2D eigenvalue weighted by Crippen LogP contribution is -2.38. The molecule has 3 rings (SSSR count). The van der Waals surface area contributed by atoms with Gasteiger partial charge in [-0.2, -0.15) is 4.98 Å². The predicted octanol–water partition coefficient (Wildman–Crippen LogP) is 1.83. The Morgan fingerprint density at radius 3 is 2.95 bits per heavy atom. The molecule has 2 N–H and O–H groups in total. The molecule has 1 aliphatic heterocycles. The van der Waals surface area contributed by atoms with Gasteiger partial charge in [-0.3, -0.25) is 4.90 Å². The van der Waals surface area contributed by atoms with Crippen molar-refractivity contribution < 1.29 is 4.52 Å². The van der Waals surface area contributed by atoms with Crippen molar-refractivity contribution in [1.29, 1.82) is 0 Å². The fourth-order valence-corrected chi connectivity index (χ4v) is 3.72. The molecular formula is C15H26N4O. The highest BCUT2D eigenvalue weighted by molar-refractivity contribution is 4.95. The summed E-state index contributed by atoms with van der Waals surface area (Å²) in [7, 11) is 0. The van der Waals surface area contributed by atoms with Gasteiger partial charge in [0, 0.05) is 25.6 Å². The SMILES string of the molecule is CC(C)Cc1nc(CN2CC3CCCC(N)C3C2)no1. The summed E-state index contributed by atoms with van der Waals surface area (Å²) in [4.78, 5) is 6.95. The Hall–Kier alpha value is -0.940. The highest BCUT2D eigenvalue weighted by Crippen LogP contribution is 2.35. The maximum absolute atomic E-state index is 6.26. The first-order valence-corrected chi connectivity index (χ1v) is 7.91. The number of rotatable bonds is 4. The minimum Gasteiger partial charge on any atom is -0.339 e. The number of nitrogens with two attached hydrogens (primary N) is 1. The molecule has 2 aliphatic rings. The van der Waals surface area contributed by atoms with E-state index in [1.807, 2.05) is 0 Å². The van der Waals surface area contributed by atoms with Gasteiger partial charge in [-0.15, -0.1) is 0 Å². The van der Waals surface area contributed by atoms with Gasteiger partial charge >= 0.3 is 0 Å². The Bertz CT molecular complexity index is 445. The molecule has 0 radical (unpaired) electrons. The lowest BCUT2D eigenvalue weighted by Gasteiger charge is -2.29. The van der Waals surface area contributed by atoms with Crippen LogP contribution >= 0.6 is 0 Å². The molecule has 2 fully saturated rings. The summed E-state index contributed by atoms with van der Waals surface area (Å²) in [6.45, 7) is 7.38. The Kier molecular flexibility index (Phi) is 4.08. The van der Waals surface area contributed by atoms with Crippen molar-refractivity contribution in [3.05, 3.63) is 11.7 Å². The van der Waals surface area contributed by atoms with E-state index >= 15 is 0 Å². The molecule has 2 heterocycles. The van der Waals surface area contributed by atoms with Crippen molar-refractivity contribution in [2.75, 3.05) is 13.1 Å². The minimum absolute atomic E-state index is 0.389. The third-order valence-electron chi connectivity index (χ3n) is 4.69. The molecule has 0 spiro atoms. The van der Waals surface area contributed by atoms with E-state index in [-0.39, 0.29) is 0 Å². The number of nitrogens with zero attached hydrogens (tertiary/aromatic N) is 3. The van der Waals surface area contributed by atoms with Crippen LogP contribution in [-0.2, 0) is 13.0 Å². The molecule has 5 nitrogen and oxygen atoms in total. The van der Waals surface area contributed by atoms with Gasteiger partial charge in [0.2, 0.25) is 5.89 Å². The Morgan fingerprint density at radius 1 is 1.35 bits per heavy atom. The molecule has 3 atom stereocenters. The highest BCUT2D eigenvalue weighted by Gasteiger charge is 2.38. The van der Waals surface area contributed by atoms with Crippen LogP contribution in [0, 0.1) is 17.8 Å². The van der Waals surface area contributed by atoms with Crippen LogP contribution in [0.5, 0.6) is 0 Å². The number of likely N-dealkylation sites (tertiary alicyclic amines) is 1. The Labute approximate surface area is 120 Å². The monoisotopic (exact) mass is 278 g/mol. The lowest BCUT2D eigenvalue weighted by atomic mass is 9.78. The second-order valence-electron chi connectivity index (χ2n) is 6.92. The molecule has 20 heavy (non-hydrogen) atoms. The summed E-state index contributed by atoms with van der Waals surface area (Å²) in [6.07, 6.45) is 4.68. The van der Waals surface area contributed by atoms with Crippen LogP contribution in [0.25, 0.3) is 0 Å². The molecule has 1 aliphatic carbocycles. The summed E-state index contributed by atoms with van der Waals surface area (Å²) in [5, 5.41) is 4.11. The fourth-order valence-electron chi connectivity index (χ4n) is 3.72. The van der Waals surface area contributed by atoms with E-state index < -0.39 is 0 Å². The zero-order valence-electron chi connectivity index (χ0n) is 12.6. The molecule has 1 saturated carbocycles. The van der Waals surface area contributed by atoms with Gasteiger partial charge in [0.15, 0.2) is 5.82 Å². The van der Waals surface area contributed by atoms with Crippen molar-refractivity contribution >= 4 is 0 Å². The van der Waals surface area contributed by atoms with Crippen LogP contribution in [0.1, 0.15) is 44.8 Å². The van der Waals surface area contributed by atoms with E-state index in [1.54, 1.807) is 0 Å². The highest BCUT2D eigenvalue weighted by atomic mass is 16.5. The molecular weight excluding hydrogens is 252 g/mol. The fraction of sp³-hybridized carbons (Fsp3) is 0.867. The van der Waals surface area contributed by atoms with Gasteiger partial charge in [0.05, 0.1) is 6.54 Å². The first kappa shape index (κ1) is 14.0. The van der Waals surface area contributed by atoms with Gasteiger partial charge < -0.3 is 10.3 Å². The van der Waals surface area contributed by atoms with Gasteiger partial charge in [-0.05, 0) is 30.6 Å². The number of hydrogen-bond donors (Lipinski definition) is 1. The van der Waals surface area contributed by atoms with Gasteiger partial charge in [0.25, 0.3) is 0 Å². The second kappa shape index (κ2) is 5.82. The van der Waals surface area contributed by atoms with E-state index in [2.05, 4.69) is 28.9 Å². The summed E-state index contributed by atoms with van der Waals surface area (Å²) in [6, 6.07) is 0.389. The third kappa shape index (κ3) is 3.04. The van der Waals surface area contributed by atoms with Gasteiger partial charge in [-0.25, -0.2) is 0 Å². The maximum atomic E-state index is 6.26. The molecule has 0 aromatic carbocycles. The van der Waals surface area contributed by atoms with Crippen molar-refractivity contribution in [1.82, 2.24) is 15.0 Å². The van der Waals surface area contributed by atoms with Crippen LogP contribution in [0.4, 0.5) is 0 Å². The van der Waals surface area contributed by atoms with Crippen LogP contribution in [0.3, 0.4) is 0 Å². The summed E-state index contributed by atoms with van der Waals surface area (Å²) in [5.41, 5.74) is 6.26. The normalized spacial score (nSPS) is 30.9. The van der Waals surface area contributed by atoms with E-state index in [0.29, 0.717) is 17.9 Å². The molecule has 0 amide bonds. The van der Waals surface area contributed by atoms with E-state index in [0.717, 1.165) is 43.7 Å². The Balaban J connectivity index is 1.57. The molecule has 1 saturated heterocycles. The van der Waals surface area contributed by atoms with Crippen LogP contribution < -0.4 is 5.73 Å². The number of fused-ring (bicyclic) bond motifs is 1. The average molecular weight is 278 g/mol. The van der Waals surface area contributed by atoms with E-state index in [9.17, 15) is 0 Å². The minimum atomic E-state index is 0.389. The average Bonchev–Trinajstić information content (AvgIpc) is 2.96. The van der Waals surface area contributed by atoms with Crippen molar-refractivity contribution in [2.45, 2.75) is 52.1 Å². The Morgan fingerprint density at radius 2 is 2.20 bits per heavy atom. The van der Waals surface area contributed by atoms with Crippen LogP contribution in [0.2, 0.25) is 0 Å². The molecule has 3 unspecified atom stereocenters. The second-order valence-corrected chi connectivity index (χ2v) is 6.92. The van der Waals surface area contributed by atoms with Crippen LogP contribution in [-0.4, -0.2) is 34.2 Å². The zero-order chi connectivity index (χ0) is 14.1. The largest absolute Gasteiger partial charge is 0.339 e. The molecule has 1 aromatic rings. The van der Waals surface area contributed by atoms with Crippen molar-refractivity contribution in [3.63, 3.8) is 0 Å². The smallest absolute Gasteiger partial charge is 0.226 e. The molecule has 1 aromatic heterocycles. The standard InChI is InChI=1S/C15H26N4O/c1-10(2)6-15-17-14(18-20-15)9-19-7-11-4-3-5-13(16)12(11)8-19/h10-13H,3-9,16H2,1-2H3. The molecule has 112 valence electrons. The summed E-state index contributed by atoms with van der Waals surface area (Å²) in [5.74, 6) is 3.60. The topological polar surface area (TPSA) is 68.2 Å². The van der Waals surface area contributed by atoms with E-state index in [1.165, 1.54) is 19.3 Å². The molecule has 0 bridgehead atoms.